The van der Waals surface area contributed by atoms with E-state index in [1.807, 2.05) is 24.3 Å². The van der Waals surface area contributed by atoms with Gasteiger partial charge in [-0.3, -0.25) is 4.79 Å². The van der Waals surface area contributed by atoms with Crippen LogP contribution in [0.3, 0.4) is 0 Å². The maximum absolute atomic E-state index is 13.0. The predicted molar refractivity (Wildman–Crippen MR) is 120 cm³/mol. The standard InChI is InChI=1S/C25H23NOS/c27-25(22-13-12-18-8-2-3-9-19(18)22)26-23-14-15-24(28-16-6-1-7-17-28)21-11-5-4-10-20(21)23/h2-5,8-11,13-15H,1,6-7,12,16-17H2/p+1. The molecule has 0 saturated carbocycles. The first-order valence-electron chi connectivity index (χ1n) is 10.1. The quantitative estimate of drug-likeness (QED) is 0.585. The van der Waals surface area contributed by atoms with Gasteiger partial charge in [-0.15, -0.1) is 0 Å². The molecule has 0 unspecified atom stereocenters. The summed E-state index contributed by atoms with van der Waals surface area (Å²) >= 11 is 0. The smallest absolute Gasteiger partial charge is 0.255 e. The van der Waals surface area contributed by atoms with Crippen LogP contribution in [0.15, 0.2) is 71.6 Å². The van der Waals surface area contributed by atoms with Crippen LogP contribution in [0.25, 0.3) is 16.3 Å². The van der Waals surface area contributed by atoms with Crippen molar-refractivity contribution in [3.63, 3.8) is 0 Å². The molecule has 0 spiro atoms. The van der Waals surface area contributed by atoms with Crippen LogP contribution in [0.2, 0.25) is 0 Å². The summed E-state index contributed by atoms with van der Waals surface area (Å²) in [4.78, 5) is 14.5. The van der Waals surface area contributed by atoms with Crippen molar-refractivity contribution in [2.75, 3.05) is 16.8 Å². The zero-order valence-electron chi connectivity index (χ0n) is 15.9. The van der Waals surface area contributed by atoms with Crippen LogP contribution in [0.4, 0.5) is 5.69 Å². The van der Waals surface area contributed by atoms with E-state index in [2.05, 4.69) is 47.8 Å². The number of amides is 1. The summed E-state index contributed by atoms with van der Waals surface area (Å²) in [5.74, 6) is 2.60. The summed E-state index contributed by atoms with van der Waals surface area (Å²) in [6.45, 7) is 0. The van der Waals surface area contributed by atoms with Gasteiger partial charge < -0.3 is 5.32 Å². The first-order valence-corrected chi connectivity index (χ1v) is 11.7. The van der Waals surface area contributed by atoms with Gasteiger partial charge in [-0.05, 0) is 55.0 Å². The molecular weight excluding hydrogens is 362 g/mol. The molecule has 1 N–H and O–H groups in total. The minimum absolute atomic E-state index is 0.0111. The summed E-state index contributed by atoms with van der Waals surface area (Å²) in [6, 6.07) is 21.1. The molecule has 1 amide bonds. The van der Waals surface area contributed by atoms with E-state index < -0.39 is 0 Å². The van der Waals surface area contributed by atoms with Crippen LogP contribution in [0.5, 0.6) is 0 Å². The Morgan fingerprint density at radius 2 is 1.57 bits per heavy atom. The number of allylic oxidation sites excluding steroid dienone is 1. The molecule has 140 valence electrons. The van der Waals surface area contributed by atoms with E-state index >= 15 is 0 Å². The molecule has 1 saturated heterocycles. The van der Waals surface area contributed by atoms with Crippen LogP contribution in [-0.4, -0.2) is 17.4 Å². The zero-order valence-corrected chi connectivity index (χ0v) is 16.7. The molecule has 5 rings (SSSR count). The molecule has 3 aromatic carbocycles. The molecular formula is C25H24NOS+. The molecule has 28 heavy (non-hydrogen) atoms. The second-order valence-corrected chi connectivity index (χ2v) is 9.79. The van der Waals surface area contributed by atoms with Gasteiger partial charge in [-0.1, -0.05) is 48.5 Å². The molecule has 2 aliphatic rings. The summed E-state index contributed by atoms with van der Waals surface area (Å²) < 4.78 is 0. The first-order chi connectivity index (χ1) is 13.8. The van der Waals surface area contributed by atoms with E-state index in [-0.39, 0.29) is 5.91 Å². The first kappa shape index (κ1) is 17.6. The van der Waals surface area contributed by atoms with Crippen LogP contribution in [0.1, 0.15) is 30.4 Å². The van der Waals surface area contributed by atoms with E-state index in [1.165, 1.54) is 46.6 Å². The van der Waals surface area contributed by atoms with Crippen molar-refractivity contribution in [2.24, 2.45) is 0 Å². The topological polar surface area (TPSA) is 29.1 Å². The third-order valence-corrected chi connectivity index (χ3v) is 8.34. The van der Waals surface area contributed by atoms with Crippen LogP contribution in [-0.2, 0) is 22.1 Å². The average molecular weight is 387 g/mol. The zero-order chi connectivity index (χ0) is 18.9. The van der Waals surface area contributed by atoms with Gasteiger partial charge in [-0.2, -0.15) is 0 Å². The molecule has 0 radical (unpaired) electrons. The van der Waals surface area contributed by atoms with Gasteiger partial charge in [0, 0.05) is 32.9 Å². The highest BCUT2D eigenvalue weighted by Crippen LogP contribution is 2.34. The van der Waals surface area contributed by atoms with Crippen molar-refractivity contribution in [1.82, 2.24) is 0 Å². The number of benzene rings is 3. The minimum atomic E-state index is -0.0111. The monoisotopic (exact) mass is 386 g/mol. The fourth-order valence-corrected chi connectivity index (χ4v) is 6.87. The highest BCUT2D eigenvalue weighted by molar-refractivity contribution is 7.97. The third kappa shape index (κ3) is 3.14. The summed E-state index contributed by atoms with van der Waals surface area (Å²) in [5.41, 5.74) is 3.99. The Hall–Kier alpha value is -2.52. The number of carbonyl (C=O) groups is 1. The average Bonchev–Trinajstić information content (AvgIpc) is 3.19. The van der Waals surface area contributed by atoms with Gasteiger partial charge in [0.1, 0.15) is 11.5 Å². The fourth-order valence-electron chi connectivity index (χ4n) is 4.37. The molecule has 0 aromatic heterocycles. The van der Waals surface area contributed by atoms with E-state index in [0.717, 1.165) is 28.6 Å². The number of hydrogen-bond acceptors (Lipinski definition) is 1. The lowest BCUT2D eigenvalue weighted by atomic mass is 10.0. The lowest BCUT2D eigenvalue weighted by molar-refractivity contribution is -0.111. The normalized spacial score (nSPS) is 16.6. The largest absolute Gasteiger partial charge is 0.321 e. The van der Waals surface area contributed by atoms with Crippen LogP contribution in [0, 0.1) is 0 Å². The second-order valence-electron chi connectivity index (χ2n) is 7.55. The molecule has 1 fully saturated rings. The van der Waals surface area contributed by atoms with Gasteiger partial charge in [0.25, 0.3) is 5.91 Å². The Bertz CT molecular complexity index is 1080. The molecule has 3 heteroatoms. The van der Waals surface area contributed by atoms with Gasteiger partial charge >= 0.3 is 0 Å². The van der Waals surface area contributed by atoms with Gasteiger partial charge in [0.05, 0.1) is 0 Å². The minimum Gasteiger partial charge on any atom is -0.321 e. The Kier molecular flexibility index (Phi) is 4.69. The highest BCUT2D eigenvalue weighted by Gasteiger charge is 2.27. The fraction of sp³-hybridized carbons (Fsp3) is 0.240. The van der Waals surface area contributed by atoms with E-state index in [4.69, 9.17) is 0 Å². The number of anilines is 1. The molecule has 0 atom stereocenters. The molecule has 2 nitrogen and oxygen atoms in total. The molecule has 1 heterocycles. The lowest BCUT2D eigenvalue weighted by Crippen LogP contribution is -2.18. The van der Waals surface area contributed by atoms with Crippen LogP contribution < -0.4 is 5.32 Å². The van der Waals surface area contributed by atoms with E-state index in [1.54, 1.807) is 0 Å². The van der Waals surface area contributed by atoms with E-state index in [9.17, 15) is 4.79 Å². The number of rotatable bonds is 3. The van der Waals surface area contributed by atoms with Crippen molar-refractivity contribution in [3.05, 3.63) is 77.9 Å². The number of carbonyl (C=O) groups excluding carboxylic acids is 1. The predicted octanol–water partition coefficient (Wildman–Crippen LogP) is 5.58. The van der Waals surface area contributed by atoms with Gasteiger partial charge in [0.2, 0.25) is 0 Å². The van der Waals surface area contributed by atoms with Crippen molar-refractivity contribution < 1.29 is 4.79 Å². The van der Waals surface area contributed by atoms with Crippen molar-refractivity contribution in [2.45, 2.75) is 30.6 Å². The Morgan fingerprint density at radius 3 is 2.43 bits per heavy atom. The summed E-state index contributed by atoms with van der Waals surface area (Å²) in [6.07, 6.45) is 6.92. The SMILES string of the molecule is O=C(Nc1ccc([S+]2CCCCC2)c2ccccc12)C1=CCc2ccccc21. The van der Waals surface area contributed by atoms with Crippen molar-refractivity contribution in [1.29, 1.82) is 0 Å². The molecule has 1 aliphatic heterocycles. The third-order valence-electron chi connectivity index (χ3n) is 5.80. The maximum Gasteiger partial charge on any atom is 0.255 e. The lowest BCUT2D eigenvalue weighted by Gasteiger charge is -2.17. The van der Waals surface area contributed by atoms with Crippen molar-refractivity contribution in [3.8, 4) is 0 Å². The van der Waals surface area contributed by atoms with Gasteiger partial charge in [0.15, 0.2) is 4.90 Å². The Morgan fingerprint density at radius 1 is 0.821 bits per heavy atom. The number of hydrogen-bond donors (Lipinski definition) is 1. The maximum atomic E-state index is 13.0. The van der Waals surface area contributed by atoms with Gasteiger partial charge in [-0.25, -0.2) is 0 Å². The highest BCUT2D eigenvalue weighted by atomic mass is 32.2. The Balaban J connectivity index is 1.48. The van der Waals surface area contributed by atoms with Crippen molar-refractivity contribution >= 4 is 38.8 Å². The number of fused-ring (bicyclic) bond motifs is 2. The molecule has 1 aliphatic carbocycles. The number of nitrogens with one attached hydrogen (secondary N) is 1. The van der Waals surface area contributed by atoms with Crippen LogP contribution >= 0.6 is 0 Å². The second kappa shape index (κ2) is 7.48. The van der Waals surface area contributed by atoms with E-state index in [0.29, 0.717) is 10.9 Å². The Labute approximate surface area is 169 Å². The molecule has 3 aromatic rings. The summed E-state index contributed by atoms with van der Waals surface area (Å²) in [7, 11) is 0.341. The molecule has 0 bridgehead atoms. The summed E-state index contributed by atoms with van der Waals surface area (Å²) in [5, 5.41) is 5.64.